The Morgan fingerprint density at radius 3 is 2.14 bits per heavy atom. The molecule has 0 spiro atoms. The van der Waals surface area contributed by atoms with Crippen LogP contribution in [-0.2, 0) is 12.8 Å². The molecule has 0 aliphatic carbocycles. The Balaban J connectivity index is 2.55. The van der Waals surface area contributed by atoms with Crippen molar-refractivity contribution in [3.05, 3.63) is 88.5 Å². The molecule has 154 valence electrons. The summed E-state index contributed by atoms with van der Waals surface area (Å²) in [7, 11) is 1.60. The molecule has 2 rings (SSSR count). The van der Waals surface area contributed by atoms with E-state index in [-0.39, 0.29) is 17.4 Å². The summed E-state index contributed by atoms with van der Waals surface area (Å²) >= 11 is 0. The Kier molecular flexibility index (Phi) is 7.72. The molecule has 2 aromatic carbocycles. The van der Waals surface area contributed by atoms with E-state index in [0.29, 0.717) is 17.7 Å². The van der Waals surface area contributed by atoms with E-state index >= 15 is 0 Å². The molecule has 0 aliphatic rings. The highest BCUT2D eigenvalue weighted by Crippen LogP contribution is 2.40. The topological polar surface area (TPSA) is 49.7 Å². The summed E-state index contributed by atoms with van der Waals surface area (Å²) in [5.41, 5.74) is 5.97. The number of hydrogen-bond acceptors (Lipinski definition) is 3. The minimum atomic E-state index is -0.335. The van der Waals surface area contributed by atoms with E-state index in [1.165, 1.54) is 11.1 Å². The van der Waals surface area contributed by atoms with Crippen LogP contribution in [0.1, 0.15) is 55.9 Å². The maximum Gasteiger partial charge on any atom is 0.126 e. The van der Waals surface area contributed by atoms with E-state index in [2.05, 4.69) is 46.4 Å². The van der Waals surface area contributed by atoms with E-state index in [1.807, 2.05) is 18.2 Å². The van der Waals surface area contributed by atoms with Gasteiger partial charge in [-0.05, 0) is 63.8 Å². The van der Waals surface area contributed by atoms with Crippen molar-refractivity contribution in [3.8, 4) is 17.2 Å². The lowest BCUT2D eigenvalue weighted by Gasteiger charge is -2.20. The minimum absolute atomic E-state index is 0.127. The van der Waals surface area contributed by atoms with Gasteiger partial charge in [0.05, 0.1) is 7.11 Å². The maximum absolute atomic E-state index is 10.7. The van der Waals surface area contributed by atoms with Gasteiger partial charge in [0, 0.05) is 23.1 Å². The molecule has 0 aliphatic heterocycles. The van der Waals surface area contributed by atoms with Gasteiger partial charge in [-0.25, -0.2) is 0 Å². The third-order valence-electron chi connectivity index (χ3n) is 4.90. The van der Waals surface area contributed by atoms with Crippen molar-refractivity contribution in [1.82, 2.24) is 0 Å². The number of phenols is 2. The Labute approximate surface area is 174 Å². The van der Waals surface area contributed by atoms with Crippen LogP contribution >= 0.6 is 0 Å². The summed E-state index contributed by atoms with van der Waals surface area (Å²) in [6.07, 6.45) is 7.53. The largest absolute Gasteiger partial charge is 0.508 e. The Bertz CT molecular complexity index is 927. The van der Waals surface area contributed by atoms with Gasteiger partial charge in [0.2, 0.25) is 0 Å². The number of ether oxygens (including phenoxy) is 1. The Morgan fingerprint density at radius 2 is 1.55 bits per heavy atom. The van der Waals surface area contributed by atoms with Crippen LogP contribution in [0.3, 0.4) is 0 Å². The molecule has 3 heteroatoms. The second-order valence-electron chi connectivity index (χ2n) is 7.80. The Hall–Kier alpha value is -2.94. The van der Waals surface area contributed by atoms with Crippen LogP contribution in [0.4, 0.5) is 0 Å². The fraction of sp³-hybridized carbons (Fsp3) is 0.308. The second-order valence-corrected chi connectivity index (χ2v) is 7.80. The molecular weight excluding hydrogens is 360 g/mol. The van der Waals surface area contributed by atoms with E-state index in [1.54, 1.807) is 25.3 Å². The number of allylic oxidation sites excluding steroid dienone is 5. The third kappa shape index (κ3) is 5.77. The van der Waals surface area contributed by atoms with E-state index < -0.39 is 0 Å². The molecule has 3 nitrogen and oxygen atoms in total. The molecule has 1 atom stereocenters. The van der Waals surface area contributed by atoms with Gasteiger partial charge in [-0.2, -0.15) is 0 Å². The molecule has 0 unspecified atom stereocenters. The monoisotopic (exact) mass is 392 g/mol. The van der Waals surface area contributed by atoms with Crippen LogP contribution in [0.25, 0.3) is 0 Å². The van der Waals surface area contributed by atoms with Crippen LogP contribution in [0, 0.1) is 0 Å². The lowest BCUT2D eigenvalue weighted by atomic mass is 9.87. The molecule has 0 saturated heterocycles. The van der Waals surface area contributed by atoms with E-state index in [0.717, 1.165) is 23.1 Å². The summed E-state index contributed by atoms with van der Waals surface area (Å²) in [5, 5.41) is 21.2. The van der Waals surface area contributed by atoms with Crippen LogP contribution < -0.4 is 4.74 Å². The number of rotatable bonds is 8. The highest BCUT2D eigenvalue weighted by atomic mass is 16.5. The average Bonchev–Trinajstić information content (AvgIpc) is 2.68. The first-order valence-electron chi connectivity index (χ1n) is 9.87. The lowest BCUT2D eigenvalue weighted by molar-refractivity contribution is 0.402. The van der Waals surface area contributed by atoms with Gasteiger partial charge in [-0.3, -0.25) is 0 Å². The van der Waals surface area contributed by atoms with E-state index in [4.69, 9.17) is 4.74 Å². The fourth-order valence-electron chi connectivity index (χ4n) is 3.27. The molecule has 0 radical (unpaired) electrons. The lowest BCUT2D eigenvalue weighted by Crippen LogP contribution is -2.02. The standard InChI is InChI=1S/C26H32O3/c1-7-21(22-14-19(10-8-17(2)3)11-13-24(22)27)23-15-20(12-9-18(4)5)26(29-6)16-25(23)28/h7-9,11,13-16,21,27-28H,1,10,12H2,2-6H3/t21-/m0/s1. The van der Waals surface area contributed by atoms with Crippen LogP contribution in [0.5, 0.6) is 17.2 Å². The molecule has 2 N–H and O–H groups in total. The first-order chi connectivity index (χ1) is 13.8. The summed E-state index contributed by atoms with van der Waals surface area (Å²) in [4.78, 5) is 0. The van der Waals surface area contributed by atoms with Gasteiger partial charge in [0.15, 0.2) is 0 Å². The predicted molar refractivity (Wildman–Crippen MR) is 121 cm³/mol. The zero-order valence-corrected chi connectivity index (χ0v) is 18.1. The van der Waals surface area contributed by atoms with Crippen molar-refractivity contribution in [2.45, 2.75) is 46.5 Å². The fourth-order valence-corrected chi connectivity index (χ4v) is 3.27. The second kappa shape index (κ2) is 10.0. The van der Waals surface area contributed by atoms with Gasteiger partial charge in [-0.15, -0.1) is 6.58 Å². The van der Waals surface area contributed by atoms with Crippen molar-refractivity contribution < 1.29 is 14.9 Å². The summed E-state index contributed by atoms with van der Waals surface area (Å²) in [6.45, 7) is 12.2. The summed E-state index contributed by atoms with van der Waals surface area (Å²) in [5.74, 6) is 0.629. The number of benzene rings is 2. The quantitative estimate of drug-likeness (QED) is 0.508. The molecule has 0 heterocycles. The molecule has 0 bridgehead atoms. The molecule has 29 heavy (non-hydrogen) atoms. The van der Waals surface area contributed by atoms with Gasteiger partial charge in [0.1, 0.15) is 17.2 Å². The number of phenolic OH excluding ortho intramolecular Hbond substituents is 2. The van der Waals surface area contributed by atoms with Crippen LogP contribution in [0.15, 0.2) is 66.3 Å². The Morgan fingerprint density at radius 1 is 0.931 bits per heavy atom. The molecule has 0 aromatic heterocycles. The van der Waals surface area contributed by atoms with Crippen molar-refractivity contribution in [2.24, 2.45) is 0 Å². The van der Waals surface area contributed by atoms with Crippen molar-refractivity contribution in [2.75, 3.05) is 7.11 Å². The van der Waals surface area contributed by atoms with Crippen molar-refractivity contribution in [1.29, 1.82) is 0 Å². The smallest absolute Gasteiger partial charge is 0.126 e. The number of hydrogen-bond donors (Lipinski definition) is 2. The zero-order valence-electron chi connectivity index (χ0n) is 18.1. The van der Waals surface area contributed by atoms with Crippen molar-refractivity contribution in [3.63, 3.8) is 0 Å². The third-order valence-corrected chi connectivity index (χ3v) is 4.90. The van der Waals surface area contributed by atoms with Crippen LogP contribution in [-0.4, -0.2) is 17.3 Å². The predicted octanol–water partition coefficient (Wildman–Crippen LogP) is 6.44. The van der Waals surface area contributed by atoms with Gasteiger partial charge >= 0.3 is 0 Å². The van der Waals surface area contributed by atoms with Crippen molar-refractivity contribution >= 4 is 0 Å². The van der Waals surface area contributed by atoms with Gasteiger partial charge in [-0.1, -0.05) is 41.5 Å². The molecule has 0 amide bonds. The SMILES string of the molecule is C=C[C@@H](c1cc(CC=C(C)C)ccc1O)c1cc(CC=C(C)C)c(OC)cc1O. The number of aromatic hydroxyl groups is 2. The zero-order chi connectivity index (χ0) is 21.6. The molecule has 0 fully saturated rings. The summed E-state index contributed by atoms with van der Waals surface area (Å²) in [6, 6.07) is 9.21. The number of methoxy groups -OCH3 is 1. The highest BCUT2D eigenvalue weighted by Gasteiger charge is 2.20. The highest BCUT2D eigenvalue weighted by molar-refractivity contribution is 5.54. The molecule has 2 aromatic rings. The maximum atomic E-state index is 10.7. The minimum Gasteiger partial charge on any atom is -0.508 e. The van der Waals surface area contributed by atoms with Gasteiger partial charge < -0.3 is 14.9 Å². The molecular formula is C26H32O3. The first kappa shape index (κ1) is 22.4. The first-order valence-corrected chi connectivity index (χ1v) is 9.87. The van der Waals surface area contributed by atoms with Crippen LogP contribution in [0.2, 0.25) is 0 Å². The summed E-state index contributed by atoms with van der Waals surface area (Å²) < 4.78 is 5.46. The normalized spacial score (nSPS) is 11.5. The van der Waals surface area contributed by atoms with Gasteiger partial charge in [0.25, 0.3) is 0 Å². The molecule has 0 saturated carbocycles. The average molecular weight is 393 g/mol. The van der Waals surface area contributed by atoms with E-state index in [9.17, 15) is 10.2 Å².